The van der Waals surface area contributed by atoms with Crippen molar-refractivity contribution in [1.82, 2.24) is 10.2 Å². The SMILES string of the molecule is CC(=O)NCc1ccc([C@@H]2O[C@H](CN3CCC[C@H]3CO)[C@H](C)[C@H](c3ccc(CO)cc3)O2)cc1. The first-order chi connectivity index (χ1) is 16.5. The van der Waals surface area contributed by atoms with Crippen LogP contribution in [0.3, 0.4) is 0 Å². The van der Waals surface area contributed by atoms with Crippen LogP contribution >= 0.6 is 0 Å². The number of likely N-dealkylation sites (tertiary alicyclic amines) is 1. The predicted molar refractivity (Wildman–Crippen MR) is 129 cm³/mol. The smallest absolute Gasteiger partial charge is 0.217 e. The quantitative estimate of drug-likeness (QED) is 0.552. The summed E-state index contributed by atoms with van der Waals surface area (Å²) in [5.74, 6) is 0.0493. The standard InChI is InChI=1S/C27H36N2O5/c1-18-25(15-29-13-3-4-24(29)17-31)33-27(23-11-5-20(6-12-23)14-28-19(2)32)34-26(18)22-9-7-21(16-30)8-10-22/h5-12,18,24-27,30-31H,3-4,13-17H2,1-2H3,(H,28,32)/t18-,24-,25+,26+,27+/m0/s1. The third-order valence-electron chi connectivity index (χ3n) is 7.04. The zero-order valence-corrected chi connectivity index (χ0v) is 20.0. The molecule has 2 heterocycles. The third kappa shape index (κ3) is 5.85. The van der Waals surface area contributed by atoms with E-state index in [1.807, 2.05) is 48.5 Å². The van der Waals surface area contributed by atoms with Gasteiger partial charge in [-0.05, 0) is 36.1 Å². The van der Waals surface area contributed by atoms with Crippen LogP contribution in [0.25, 0.3) is 0 Å². The summed E-state index contributed by atoms with van der Waals surface area (Å²) in [7, 11) is 0. The zero-order chi connectivity index (χ0) is 24.1. The maximum atomic E-state index is 11.2. The van der Waals surface area contributed by atoms with Crippen molar-refractivity contribution in [3.05, 3.63) is 70.8 Å². The molecular formula is C27H36N2O5. The van der Waals surface area contributed by atoms with Gasteiger partial charge in [0.25, 0.3) is 0 Å². The van der Waals surface area contributed by atoms with E-state index in [4.69, 9.17) is 9.47 Å². The van der Waals surface area contributed by atoms with Gasteiger partial charge in [-0.2, -0.15) is 0 Å². The minimum Gasteiger partial charge on any atom is -0.395 e. The molecular weight excluding hydrogens is 432 g/mol. The molecule has 2 aromatic carbocycles. The number of aliphatic hydroxyl groups is 2. The first-order valence-electron chi connectivity index (χ1n) is 12.2. The van der Waals surface area contributed by atoms with Crippen molar-refractivity contribution in [3.8, 4) is 0 Å². The second-order valence-corrected chi connectivity index (χ2v) is 9.45. The minimum atomic E-state index is -0.520. The molecule has 3 N–H and O–H groups in total. The van der Waals surface area contributed by atoms with Crippen molar-refractivity contribution in [2.24, 2.45) is 5.92 Å². The van der Waals surface area contributed by atoms with E-state index in [0.717, 1.165) is 48.2 Å². The lowest BCUT2D eigenvalue weighted by Crippen LogP contribution is -2.46. The Labute approximate surface area is 201 Å². The van der Waals surface area contributed by atoms with Crippen LogP contribution in [0, 0.1) is 5.92 Å². The molecule has 0 aromatic heterocycles. The molecule has 2 aliphatic heterocycles. The van der Waals surface area contributed by atoms with Crippen LogP contribution in [0.4, 0.5) is 0 Å². The molecule has 2 aliphatic rings. The minimum absolute atomic E-state index is 0.0120. The van der Waals surface area contributed by atoms with Crippen LogP contribution in [-0.4, -0.2) is 52.9 Å². The summed E-state index contributed by atoms with van der Waals surface area (Å²) in [5, 5.41) is 22.0. The molecule has 2 fully saturated rings. The summed E-state index contributed by atoms with van der Waals surface area (Å²) in [6.07, 6.45) is 1.36. The van der Waals surface area contributed by atoms with Crippen molar-refractivity contribution in [3.63, 3.8) is 0 Å². The zero-order valence-electron chi connectivity index (χ0n) is 20.0. The van der Waals surface area contributed by atoms with Gasteiger partial charge in [0.1, 0.15) is 0 Å². The predicted octanol–water partition coefficient (Wildman–Crippen LogP) is 3.06. The maximum Gasteiger partial charge on any atom is 0.217 e. The Kier molecular flexibility index (Phi) is 8.34. The van der Waals surface area contributed by atoms with E-state index < -0.39 is 6.29 Å². The molecule has 7 nitrogen and oxygen atoms in total. The average molecular weight is 469 g/mol. The number of ether oxygens (including phenoxy) is 2. The largest absolute Gasteiger partial charge is 0.395 e. The summed E-state index contributed by atoms with van der Waals surface area (Å²) in [6.45, 7) is 6.05. The second-order valence-electron chi connectivity index (χ2n) is 9.45. The van der Waals surface area contributed by atoms with Crippen LogP contribution in [0.15, 0.2) is 48.5 Å². The normalized spacial score (nSPS) is 27.6. The summed E-state index contributed by atoms with van der Waals surface area (Å²) in [4.78, 5) is 13.6. The molecule has 4 rings (SSSR count). The summed E-state index contributed by atoms with van der Waals surface area (Å²) in [6, 6.07) is 16.1. The number of nitrogens with zero attached hydrogens (tertiary/aromatic N) is 1. The van der Waals surface area contributed by atoms with Gasteiger partial charge in [-0.1, -0.05) is 55.5 Å². The van der Waals surface area contributed by atoms with E-state index in [1.165, 1.54) is 6.92 Å². The van der Waals surface area contributed by atoms with Crippen LogP contribution in [0.5, 0.6) is 0 Å². The van der Waals surface area contributed by atoms with Gasteiger partial charge in [0.2, 0.25) is 5.91 Å². The number of aliphatic hydroxyl groups excluding tert-OH is 2. The lowest BCUT2D eigenvalue weighted by atomic mass is 9.90. The molecule has 0 spiro atoms. The molecule has 2 saturated heterocycles. The fraction of sp³-hybridized carbons (Fsp3) is 0.519. The Morgan fingerprint density at radius 2 is 1.71 bits per heavy atom. The van der Waals surface area contributed by atoms with E-state index in [2.05, 4.69) is 17.1 Å². The molecule has 0 radical (unpaired) electrons. The molecule has 0 aliphatic carbocycles. The van der Waals surface area contributed by atoms with Crippen LogP contribution < -0.4 is 5.32 Å². The van der Waals surface area contributed by atoms with Crippen molar-refractivity contribution >= 4 is 5.91 Å². The van der Waals surface area contributed by atoms with Crippen molar-refractivity contribution in [1.29, 1.82) is 0 Å². The monoisotopic (exact) mass is 468 g/mol. The number of benzene rings is 2. The highest BCUT2D eigenvalue weighted by Gasteiger charge is 2.40. The number of hydrogen-bond acceptors (Lipinski definition) is 6. The van der Waals surface area contributed by atoms with Crippen molar-refractivity contribution in [2.45, 2.75) is 64.4 Å². The second kappa shape index (κ2) is 11.4. The topological polar surface area (TPSA) is 91.3 Å². The van der Waals surface area contributed by atoms with Crippen molar-refractivity contribution in [2.75, 3.05) is 19.7 Å². The Morgan fingerprint density at radius 1 is 1.03 bits per heavy atom. The number of carbonyl (C=O) groups is 1. The molecule has 1 amide bonds. The van der Waals surface area contributed by atoms with E-state index in [-0.39, 0.29) is 43.3 Å². The maximum absolute atomic E-state index is 11.2. The number of hydrogen-bond donors (Lipinski definition) is 3. The van der Waals surface area contributed by atoms with Crippen molar-refractivity contribution < 1.29 is 24.5 Å². The Bertz CT molecular complexity index is 933. The van der Waals surface area contributed by atoms with Gasteiger partial charge < -0.3 is 25.0 Å². The molecule has 5 atom stereocenters. The Balaban J connectivity index is 1.56. The van der Waals surface area contributed by atoms with Gasteiger partial charge in [0.15, 0.2) is 6.29 Å². The number of amides is 1. The highest BCUT2D eigenvalue weighted by molar-refractivity contribution is 5.72. The average Bonchev–Trinajstić information content (AvgIpc) is 3.31. The van der Waals surface area contributed by atoms with Crippen LogP contribution in [0.2, 0.25) is 0 Å². The first kappa shape index (κ1) is 24.8. The van der Waals surface area contributed by atoms with E-state index in [9.17, 15) is 15.0 Å². The van der Waals surface area contributed by atoms with E-state index in [1.54, 1.807) is 0 Å². The number of carbonyl (C=O) groups excluding carboxylic acids is 1. The lowest BCUT2D eigenvalue weighted by Gasteiger charge is -2.43. The summed E-state index contributed by atoms with van der Waals surface area (Å²) in [5.41, 5.74) is 3.87. The van der Waals surface area contributed by atoms with E-state index >= 15 is 0 Å². The molecule has 0 unspecified atom stereocenters. The third-order valence-corrected chi connectivity index (χ3v) is 7.04. The van der Waals surface area contributed by atoms with Gasteiger partial charge in [-0.25, -0.2) is 0 Å². The van der Waals surface area contributed by atoms with Gasteiger partial charge in [-0.15, -0.1) is 0 Å². The number of rotatable bonds is 8. The van der Waals surface area contributed by atoms with Gasteiger partial charge in [0, 0.05) is 37.5 Å². The number of nitrogens with one attached hydrogen (secondary N) is 1. The Morgan fingerprint density at radius 3 is 2.35 bits per heavy atom. The molecule has 184 valence electrons. The molecule has 34 heavy (non-hydrogen) atoms. The fourth-order valence-corrected chi connectivity index (χ4v) is 4.92. The van der Waals surface area contributed by atoms with Crippen LogP contribution in [0.1, 0.15) is 61.3 Å². The first-order valence-corrected chi connectivity index (χ1v) is 12.2. The van der Waals surface area contributed by atoms with Gasteiger partial charge in [-0.3, -0.25) is 9.69 Å². The fourth-order valence-electron chi connectivity index (χ4n) is 4.92. The highest BCUT2D eigenvalue weighted by atomic mass is 16.7. The van der Waals surface area contributed by atoms with Gasteiger partial charge >= 0.3 is 0 Å². The molecule has 7 heteroatoms. The van der Waals surface area contributed by atoms with Gasteiger partial charge in [0.05, 0.1) is 25.4 Å². The summed E-state index contributed by atoms with van der Waals surface area (Å²) >= 11 is 0. The summed E-state index contributed by atoms with van der Waals surface area (Å²) < 4.78 is 13.0. The molecule has 0 saturated carbocycles. The van der Waals surface area contributed by atoms with Crippen LogP contribution in [-0.2, 0) is 27.4 Å². The highest BCUT2D eigenvalue weighted by Crippen LogP contribution is 2.42. The lowest BCUT2D eigenvalue weighted by molar-refractivity contribution is -0.276. The molecule has 2 aromatic rings. The Hall–Kier alpha value is -2.29. The molecule has 0 bridgehead atoms. The van der Waals surface area contributed by atoms with E-state index in [0.29, 0.717) is 6.54 Å².